The summed E-state index contributed by atoms with van der Waals surface area (Å²) in [6.07, 6.45) is 2.90. The average molecular weight is 335 g/mol. The van der Waals surface area contributed by atoms with Gasteiger partial charge in [-0.15, -0.1) is 0 Å². The van der Waals surface area contributed by atoms with Crippen LogP contribution in [0.4, 0.5) is 5.69 Å². The third-order valence-corrected chi connectivity index (χ3v) is 3.88. The number of amides is 1. The number of aryl methyl sites for hydroxylation is 2. The molecule has 0 bridgehead atoms. The van der Waals surface area contributed by atoms with Crippen molar-refractivity contribution in [1.29, 1.82) is 0 Å². The minimum absolute atomic E-state index is 0.0775. The minimum Gasteiger partial charge on any atom is -0.345 e. The van der Waals surface area contributed by atoms with E-state index in [0.717, 1.165) is 22.0 Å². The number of aldehydes is 1. The van der Waals surface area contributed by atoms with Crippen LogP contribution >= 0.6 is 15.9 Å². The van der Waals surface area contributed by atoms with E-state index >= 15 is 0 Å². The maximum Gasteiger partial charge on any atom is 0.226 e. The van der Waals surface area contributed by atoms with Gasteiger partial charge in [-0.3, -0.25) is 9.59 Å². The molecule has 0 atom stereocenters. The molecule has 0 aliphatic heterocycles. The van der Waals surface area contributed by atoms with Gasteiger partial charge in [0.25, 0.3) is 0 Å². The van der Waals surface area contributed by atoms with E-state index < -0.39 is 0 Å². The van der Waals surface area contributed by atoms with Gasteiger partial charge in [0, 0.05) is 29.3 Å². The van der Waals surface area contributed by atoms with E-state index in [-0.39, 0.29) is 5.91 Å². The molecule has 1 aromatic heterocycles. The maximum atomic E-state index is 11.9. The van der Waals surface area contributed by atoms with E-state index in [1.807, 2.05) is 25.1 Å². The van der Waals surface area contributed by atoms with E-state index in [0.29, 0.717) is 18.7 Å². The molecule has 1 heterocycles. The standard InChI is InChI=1S/C15H15BrN2O2/c1-11-4-5-12(9-14(11)16)17-15(20)6-8-18-7-2-3-13(18)10-19/h2-5,7,9-10H,6,8H2,1H3,(H,17,20). The molecule has 0 fully saturated rings. The number of nitrogens with zero attached hydrogens (tertiary/aromatic N) is 1. The zero-order valence-electron chi connectivity index (χ0n) is 11.1. The zero-order chi connectivity index (χ0) is 14.5. The molecule has 104 valence electrons. The van der Waals surface area contributed by atoms with Crippen molar-refractivity contribution in [2.75, 3.05) is 5.32 Å². The number of aromatic nitrogens is 1. The van der Waals surface area contributed by atoms with Crippen LogP contribution in [0.15, 0.2) is 41.0 Å². The monoisotopic (exact) mass is 334 g/mol. The van der Waals surface area contributed by atoms with Crippen LogP contribution in [0.3, 0.4) is 0 Å². The second kappa shape index (κ2) is 6.52. The van der Waals surface area contributed by atoms with Gasteiger partial charge in [-0.05, 0) is 36.8 Å². The van der Waals surface area contributed by atoms with Crippen LogP contribution in [0.5, 0.6) is 0 Å². The smallest absolute Gasteiger partial charge is 0.226 e. The number of halogens is 1. The van der Waals surface area contributed by atoms with Crippen molar-refractivity contribution in [3.63, 3.8) is 0 Å². The molecule has 1 amide bonds. The van der Waals surface area contributed by atoms with Crippen LogP contribution in [0.1, 0.15) is 22.5 Å². The summed E-state index contributed by atoms with van der Waals surface area (Å²) in [5.74, 6) is -0.0775. The first-order valence-electron chi connectivity index (χ1n) is 6.26. The SMILES string of the molecule is Cc1ccc(NC(=O)CCn2cccc2C=O)cc1Br. The fraction of sp³-hybridized carbons (Fsp3) is 0.200. The highest BCUT2D eigenvalue weighted by Gasteiger charge is 2.06. The fourth-order valence-corrected chi connectivity index (χ4v) is 2.23. The van der Waals surface area contributed by atoms with Gasteiger partial charge in [0.05, 0.1) is 5.69 Å². The number of anilines is 1. The Morgan fingerprint density at radius 2 is 2.20 bits per heavy atom. The number of hydrogen-bond donors (Lipinski definition) is 1. The van der Waals surface area contributed by atoms with E-state index in [1.165, 1.54) is 0 Å². The van der Waals surface area contributed by atoms with Crippen LogP contribution in [0.2, 0.25) is 0 Å². The van der Waals surface area contributed by atoms with Gasteiger partial charge in [-0.2, -0.15) is 0 Å². The lowest BCUT2D eigenvalue weighted by Gasteiger charge is -2.08. The van der Waals surface area contributed by atoms with Gasteiger partial charge < -0.3 is 9.88 Å². The Hall–Kier alpha value is -1.88. The van der Waals surface area contributed by atoms with Gasteiger partial charge in [0.2, 0.25) is 5.91 Å². The van der Waals surface area contributed by atoms with Crippen LogP contribution in [0, 0.1) is 6.92 Å². The molecule has 0 saturated carbocycles. The highest BCUT2D eigenvalue weighted by Crippen LogP contribution is 2.20. The molecular weight excluding hydrogens is 320 g/mol. The topological polar surface area (TPSA) is 51.1 Å². The number of nitrogens with one attached hydrogen (secondary N) is 1. The summed E-state index contributed by atoms with van der Waals surface area (Å²) in [5, 5.41) is 2.84. The molecule has 1 aromatic carbocycles. The molecule has 0 unspecified atom stereocenters. The molecule has 0 aliphatic carbocycles. The summed E-state index contributed by atoms with van der Waals surface area (Å²) in [6.45, 7) is 2.47. The van der Waals surface area contributed by atoms with Crippen LogP contribution in [0.25, 0.3) is 0 Å². The molecular formula is C15H15BrN2O2. The van der Waals surface area contributed by atoms with Crippen molar-refractivity contribution >= 4 is 33.8 Å². The lowest BCUT2D eigenvalue weighted by atomic mass is 10.2. The summed E-state index contributed by atoms with van der Waals surface area (Å²) >= 11 is 3.43. The maximum absolute atomic E-state index is 11.9. The molecule has 0 spiro atoms. The molecule has 2 rings (SSSR count). The summed E-state index contributed by atoms with van der Waals surface area (Å²) < 4.78 is 2.72. The summed E-state index contributed by atoms with van der Waals surface area (Å²) in [6, 6.07) is 9.20. The van der Waals surface area contributed by atoms with E-state index in [4.69, 9.17) is 0 Å². The molecule has 0 aliphatic rings. The van der Waals surface area contributed by atoms with Gasteiger partial charge in [0.15, 0.2) is 6.29 Å². The van der Waals surface area contributed by atoms with Crippen LogP contribution in [-0.2, 0) is 11.3 Å². The summed E-state index contributed by atoms with van der Waals surface area (Å²) in [5.41, 5.74) is 2.46. The number of carbonyl (C=O) groups is 2. The van der Waals surface area contributed by atoms with E-state index in [1.54, 1.807) is 22.9 Å². The Kier molecular flexibility index (Phi) is 4.74. The van der Waals surface area contributed by atoms with Crippen molar-refractivity contribution < 1.29 is 9.59 Å². The Bertz CT molecular complexity index is 635. The number of carbonyl (C=O) groups excluding carboxylic acids is 2. The lowest BCUT2D eigenvalue weighted by Crippen LogP contribution is -2.15. The Morgan fingerprint density at radius 1 is 1.40 bits per heavy atom. The van der Waals surface area contributed by atoms with Crippen LogP contribution in [-0.4, -0.2) is 16.8 Å². The molecule has 2 aromatic rings. The Morgan fingerprint density at radius 3 is 2.90 bits per heavy atom. The highest BCUT2D eigenvalue weighted by molar-refractivity contribution is 9.10. The largest absolute Gasteiger partial charge is 0.345 e. The first-order valence-corrected chi connectivity index (χ1v) is 7.06. The van der Waals surface area contributed by atoms with Crippen molar-refractivity contribution in [2.45, 2.75) is 19.9 Å². The molecule has 20 heavy (non-hydrogen) atoms. The predicted octanol–water partition coefficient (Wildman–Crippen LogP) is 3.40. The van der Waals surface area contributed by atoms with Gasteiger partial charge in [-0.1, -0.05) is 22.0 Å². The van der Waals surface area contributed by atoms with Gasteiger partial charge in [-0.25, -0.2) is 0 Å². The molecule has 4 nitrogen and oxygen atoms in total. The minimum atomic E-state index is -0.0775. The average Bonchev–Trinajstić information content (AvgIpc) is 2.88. The molecule has 5 heteroatoms. The number of rotatable bonds is 5. The van der Waals surface area contributed by atoms with E-state index in [9.17, 15) is 9.59 Å². The molecule has 1 N–H and O–H groups in total. The predicted molar refractivity (Wildman–Crippen MR) is 81.9 cm³/mol. The second-order valence-electron chi connectivity index (χ2n) is 4.51. The lowest BCUT2D eigenvalue weighted by molar-refractivity contribution is -0.116. The first kappa shape index (κ1) is 14.5. The molecule has 0 radical (unpaired) electrons. The van der Waals surface area contributed by atoms with Crippen molar-refractivity contribution in [3.05, 3.63) is 52.3 Å². The van der Waals surface area contributed by atoms with Gasteiger partial charge in [0.1, 0.15) is 0 Å². The van der Waals surface area contributed by atoms with Crippen LogP contribution < -0.4 is 5.32 Å². The Labute approximate surface area is 125 Å². The third-order valence-electron chi connectivity index (χ3n) is 3.02. The van der Waals surface area contributed by atoms with E-state index in [2.05, 4.69) is 21.2 Å². The number of hydrogen-bond acceptors (Lipinski definition) is 2. The third kappa shape index (κ3) is 3.57. The summed E-state index contributed by atoms with van der Waals surface area (Å²) in [7, 11) is 0. The molecule has 0 saturated heterocycles. The Balaban J connectivity index is 1.92. The fourth-order valence-electron chi connectivity index (χ4n) is 1.85. The zero-order valence-corrected chi connectivity index (χ0v) is 12.7. The van der Waals surface area contributed by atoms with Crippen molar-refractivity contribution in [1.82, 2.24) is 4.57 Å². The second-order valence-corrected chi connectivity index (χ2v) is 5.36. The first-order chi connectivity index (χ1) is 9.60. The number of benzene rings is 1. The normalized spacial score (nSPS) is 10.3. The van der Waals surface area contributed by atoms with Crippen molar-refractivity contribution in [3.8, 4) is 0 Å². The highest BCUT2D eigenvalue weighted by atomic mass is 79.9. The van der Waals surface area contributed by atoms with Crippen molar-refractivity contribution in [2.24, 2.45) is 0 Å². The van der Waals surface area contributed by atoms with Gasteiger partial charge >= 0.3 is 0 Å². The quantitative estimate of drug-likeness (QED) is 0.852. The summed E-state index contributed by atoms with van der Waals surface area (Å²) in [4.78, 5) is 22.6.